The molecule has 0 saturated heterocycles. The van der Waals surface area contributed by atoms with E-state index in [1.54, 1.807) is 24.3 Å². The van der Waals surface area contributed by atoms with Gasteiger partial charge < -0.3 is 18.9 Å². The third-order valence-corrected chi connectivity index (χ3v) is 3.02. The average Bonchev–Trinajstić information content (AvgIpc) is 2.44. The molecule has 5 heteroatoms. The topological polar surface area (TPSA) is 54.0 Å². The highest BCUT2D eigenvalue weighted by molar-refractivity contribution is 5.80. The first-order valence-electron chi connectivity index (χ1n) is 8.74. The van der Waals surface area contributed by atoms with E-state index in [0.717, 1.165) is 0 Å². The van der Waals surface area contributed by atoms with Gasteiger partial charge in [0.25, 0.3) is 5.79 Å². The number of carbonyl (C=O) groups excluding carboxylic acids is 1. The molecule has 0 aromatic heterocycles. The number of carbonyl (C=O) groups is 1. The van der Waals surface area contributed by atoms with Crippen molar-refractivity contribution in [1.82, 2.24) is 0 Å². The third kappa shape index (κ3) is 6.33. The number of hydrogen-bond acceptors (Lipinski definition) is 5. The van der Waals surface area contributed by atoms with Gasteiger partial charge in [-0.05, 0) is 79.7 Å². The average molecular weight is 352 g/mol. The van der Waals surface area contributed by atoms with Crippen LogP contribution in [-0.4, -0.2) is 30.4 Å². The van der Waals surface area contributed by atoms with Gasteiger partial charge in [0.15, 0.2) is 0 Å². The van der Waals surface area contributed by atoms with Crippen LogP contribution in [0.4, 0.5) is 0 Å². The van der Waals surface area contributed by atoms with Gasteiger partial charge in [0, 0.05) is 18.8 Å². The summed E-state index contributed by atoms with van der Waals surface area (Å²) in [4.78, 5) is 12.9. The molecule has 142 valence electrons. The first kappa shape index (κ1) is 21.5. The quantitative estimate of drug-likeness (QED) is 0.537. The van der Waals surface area contributed by atoms with E-state index < -0.39 is 17.4 Å². The van der Waals surface area contributed by atoms with E-state index in [0.29, 0.717) is 24.5 Å². The Kier molecular flexibility index (Phi) is 7.03. The fourth-order valence-corrected chi connectivity index (χ4v) is 2.29. The first-order chi connectivity index (χ1) is 11.4. The molecule has 0 fully saturated rings. The minimum atomic E-state index is -1.59. The molecule has 1 aromatic carbocycles. The molecule has 0 saturated carbocycles. The van der Waals surface area contributed by atoms with Crippen molar-refractivity contribution in [3.63, 3.8) is 0 Å². The monoisotopic (exact) mass is 352 g/mol. The molecule has 0 radical (unpaired) electrons. The summed E-state index contributed by atoms with van der Waals surface area (Å²) >= 11 is 0. The number of ether oxygens (including phenoxy) is 4. The van der Waals surface area contributed by atoms with E-state index >= 15 is 0 Å². The fourth-order valence-electron chi connectivity index (χ4n) is 2.29. The van der Waals surface area contributed by atoms with Crippen LogP contribution in [0, 0.1) is 0 Å². The van der Waals surface area contributed by atoms with Crippen molar-refractivity contribution < 1.29 is 23.7 Å². The van der Waals surface area contributed by atoms with Crippen LogP contribution in [0.5, 0.6) is 5.75 Å². The Morgan fingerprint density at radius 3 is 1.68 bits per heavy atom. The maximum Gasteiger partial charge on any atom is 0.372 e. The maximum absolute atomic E-state index is 12.9. The summed E-state index contributed by atoms with van der Waals surface area (Å²) in [5.74, 6) is -1.44. The maximum atomic E-state index is 12.9. The standard InChI is InChI=1S/C20H32O5/c1-9-22-20(23-10-2,17(21)25-19(6,7)8)15-11-13-16(14-12-15)24-18(3,4)5/h11-14H,9-10H2,1-8H3. The van der Waals surface area contributed by atoms with Gasteiger partial charge in [-0.25, -0.2) is 4.79 Å². The molecular weight excluding hydrogens is 320 g/mol. The van der Waals surface area contributed by atoms with Gasteiger partial charge in [0.05, 0.1) is 0 Å². The second-order valence-corrected chi connectivity index (χ2v) is 7.72. The zero-order valence-electron chi connectivity index (χ0n) is 16.8. The third-order valence-electron chi connectivity index (χ3n) is 3.02. The molecule has 0 heterocycles. The van der Waals surface area contributed by atoms with Crippen molar-refractivity contribution in [2.45, 2.75) is 72.4 Å². The van der Waals surface area contributed by atoms with E-state index in [1.807, 2.05) is 55.4 Å². The van der Waals surface area contributed by atoms with Crippen molar-refractivity contribution in [3.05, 3.63) is 29.8 Å². The lowest BCUT2D eigenvalue weighted by molar-refractivity contribution is -0.259. The molecule has 0 aliphatic carbocycles. The molecule has 0 spiro atoms. The van der Waals surface area contributed by atoms with Crippen molar-refractivity contribution in [2.75, 3.05) is 13.2 Å². The molecule has 25 heavy (non-hydrogen) atoms. The molecule has 0 N–H and O–H groups in total. The van der Waals surface area contributed by atoms with E-state index in [1.165, 1.54) is 0 Å². The number of benzene rings is 1. The molecule has 0 bridgehead atoms. The zero-order valence-corrected chi connectivity index (χ0v) is 16.8. The van der Waals surface area contributed by atoms with Crippen molar-refractivity contribution in [2.24, 2.45) is 0 Å². The Labute approximate surface area is 151 Å². The highest BCUT2D eigenvalue weighted by Gasteiger charge is 2.46. The van der Waals surface area contributed by atoms with Gasteiger partial charge in [-0.1, -0.05) is 0 Å². The Bertz CT molecular complexity index is 543. The SMILES string of the molecule is CCOC(OCC)(C(=O)OC(C)(C)C)c1ccc(OC(C)(C)C)cc1. The zero-order chi connectivity index (χ0) is 19.3. The number of rotatable bonds is 7. The van der Waals surface area contributed by atoms with Gasteiger partial charge in [-0.2, -0.15) is 0 Å². The molecular formula is C20H32O5. The summed E-state index contributed by atoms with van der Waals surface area (Å²) in [6.07, 6.45) is 0. The fraction of sp³-hybridized carbons (Fsp3) is 0.650. The van der Waals surface area contributed by atoms with Gasteiger partial charge in [0.2, 0.25) is 0 Å². The normalized spacial score (nSPS) is 12.8. The van der Waals surface area contributed by atoms with Crippen LogP contribution >= 0.6 is 0 Å². The highest BCUT2D eigenvalue weighted by atomic mass is 16.7. The summed E-state index contributed by atoms with van der Waals surface area (Å²) in [5, 5.41) is 0. The molecule has 5 nitrogen and oxygen atoms in total. The summed E-state index contributed by atoms with van der Waals surface area (Å²) in [7, 11) is 0. The van der Waals surface area contributed by atoms with Crippen molar-refractivity contribution in [3.8, 4) is 5.75 Å². The van der Waals surface area contributed by atoms with E-state index in [9.17, 15) is 4.79 Å². The summed E-state index contributed by atoms with van der Waals surface area (Å²) in [6, 6.07) is 7.15. The van der Waals surface area contributed by atoms with Crippen LogP contribution in [0.2, 0.25) is 0 Å². The molecule has 1 rings (SSSR count). The largest absolute Gasteiger partial charge is 0.488 e. The first-order valence-corrected chi connectivity index (χ1v) is 8.74. The second-order valence-electron chi connectivity index (χ2n) is 7.72. The van der Waals surface area contributed by atoms with Crippen LogP contribution in [0.3, 0.4) is 0 Å². The van der Waals surface area contributed by atoms with Crippen molar-refractivity contribution >= 4 is 5.97 Å². The summed E-state index contributed by atoms with van der Waals surface area (Å²) in [5.41, 5.74) is -0.373. The van der Waals surface area contributed by atoms with Gasteiger partial charge in [-0.15, -0.1) is 0 Å². The molecule has 1 aromatic rings. The molecule has 0 aliphatic heterocycles. The van der Waals surface area contributed by atoms with Crippen molar-refractivity contribution in [1.29, 1.82) is 0 Å². The van der Waals surface area contributed by atoms with Crippen LogP contribution in [0.15, 0.2) is 24.3 Å². The van der Waals surface area contributed by atoms with Crippen LogP contribution in [0.25, 0.3) is 0 Å². The lowest BCUT2D eigenvalue weighted by Crippen LogP contribution is -2.45. The highest BCUT2D eigenvalue weighted by Crippen LogP contribution is 2.32. The molecule has 0 aliphatic rings. The minimum absolute atomic E-state index is 0.302. The van der Waals surface area contributed by atoms with E-state index in [4.69, 9.17) is 18.9 Å². The Balaban J connectivity index is 3.24. The van der Waals surface area contributed by atoms with Gasteiger partial charge in [-0.3, -0.25) is 0 Å². The number of hydrogen-bond donors (Lipinski definition) is 0. The Morgan fingerprint density at radius 2 is 1.32 bits per heavy atom. The minimum Gasteiger partial charge on any atom is -0.488 e. The van der Waals surface area contributed by atoms with Gasteiger partial charge >= 0.3 is 5.97 Å². The summed E-state index contributed by atoms with van der Waals surface area (Å²) < 4.78 is 22.9. The van der Waals surface area contributed by atoms with Crippen LogP contribution in [-0.2, 0) is 24.8 Å². The smallest absolute Gasteiger partial charge is 0.372 e. The van der Waals surface area contributed by atoms with Crippen LogP contribution in [0.1, 0.15) is 61.0 Å². The Morgan fingerprint density at radius 1 is 0.840 bits per heavy atom. The molecule has 0 unspecified atom stereocenters. The predicted octanol–water partition coefficient (Wildman–Crippen LogP) is 4.43. The second kappa shape index (κ2) is 8.19. The Hall–Kier alpha value is -1.59. The molecule has 0 atom stereocenters. The lowest BCUT2D eigenvalue weighted by Gasteiger charge is -2.34. The predicted molar refractivity (Wildman–Crippen MR) is 97.6 cm³/mol. The molecule has 0 amide bonds. The summed E-state index contributed by atoms with van der Waals surface area (Å²) in [6.45, 7) is 15.6. The van der Waals surface area contributed by atoms with E-state index in [2.05, 4.69) is 0 Å². The van der Waals surface area contributed by atoms with Crippen LogP contribution < -0.4 is 4.74 Å². The van der Waals surface area contributed by atoms with Gasteiger partial charge in [0.1, 0.15) is 17.0 Å². The lowest BCUT2D eigenvalue weighted by atomic mass is 10.0. The number of esters is 1. The van der Waals surface area contributed by atoms with E-state index in [-0.39, 0.29) is 5.60 Å².